The van der Waals surface area contributed by atoms with Gasteiger partial charge in [0, 0.05) is 30.4 Å². The molecule has 0 saturated carbocycles. The van der Waals surface area contributed by atoms with Gasteiger partial charge in [0.1, 0.15) is 12.4 Å². The molecule has 154 valence electrons. The largest absolute Gasteiger partial charge is 0.489 e. The van der Waals surface area contributed by atoms with Gasteiger partial charge in [0.2, 0.25) is 5.91 Å². The number of halogens is 1. The minimum Gasteiger partial charge on any atom is -0.489 e. The van der Waals surface area contributed by atoms with Crippen LogP contribution in [0, 0.1) is 0 Å². The van der Waals surface area contributed by atoms with E-state index in [4.69, 9.17) is 10.5 Å². The molecule has 0 bridgehead atoms. The van der Waals surface area contributed by atoms with Gasteiger partial charge >= 0.3 is 5.97 Å². The second-order valence-corrected chi connectivity index (χ2v) is 7.63. The molecule has 6 nitrogen and oxygen atoms in total. The van der Waals surface area contributed by atoms with Crippen LogP contribution in [0.15, 0.2) is 42.5 Å². The SMILES string of the molecule is COC(=O)CCC(C(N)=O)N1Cc2cccc(OCc3ccc(CBr)cc3)c2C1. The number of carbonyl (C=O) groups is 2. The molecule has 2 aromatic rings. The van der Waals surface area contributed by atoms with Crippen molar-refractivity contribution in [2.75, 3.05) is 7.11 Å². The molecule has 1 unspecified atom stereocenters. The Labute approximate surface area is 179 Å². The number of fused-ring (bicyclic) bond motifs is 1. The highest BCUT2D eigenvalue weighted by Gasteiger charge is 2.31. The predicted molar refractivity (Wildman–Crippen MR) is 113 cm³/mol. The van der Waals surface area contributed by atoms with E-state index in [1.54, 1.807) is 0 Å². The summed E-state index contributed by atoms with van der Waals surface area (Å²) in [6.07, 6.45) is 0.497. The van der Waals surface area contributed by atoms with Crippen molar-refractivity contribution in [1.29, 1.82) is 0 Å². The molecule has 0 radical (unpaired) electrons. The molecule has 0 aromatic heterocycles. The fourth-order valence-electron chi connectivity index (χ4n) is 3.52. The van der Waals surface area contributed by atoms with Gasteiger partial charge in [0.05, 0.1) is 13.2 Å². The standard InChI is InChI=1S/C22H25BrN2O4/c1-28-21(26)10-9-19(22(24)27)25-12-17-3-2-4-20(18(17)13-25)29-14-16-7-5-15(11-23)6-8-16/h2-8,19H,9-14H2,1H3,(H2,24,27). The molecule has 3 rings (SSSR count). The Morgan fingerprint density at radius 1 is 1.14 bits per heavy atom. The number of primary amides is 1. The summed E-state index contributed by atoms with van der Waals surface area (Å²) < 4.78 is 10.8. The highest BCUT2D eigenvalue weighted by atomic mass is 79.9. The van der Waals surface area contributed by atoms with Gasteiger partial charge in [-0.2, -0.15) is 0 Å². The lowest BCUT2D eigenvalue weighted by Gasteiger charge is -2.24. The van der Waals surface area contributed by atoms with Gasteiger partial charge in [-0.05, 0) is 29.2 Å². The van der Waals surface area contributed by atoms with Gasteiger partial charge in [-0.1, -0.05) is 52.3 Å². The van der Waals surface area contributed by atoms with Crippen LogP contribution in [0.3, 0.4) is 0 Å². The van der Waals surface area contributed by atoms with Gasteiger partial charge < -0.3 is 15.2 Å². The van der Waals surface area contributed by atoms with Crippen molar-refractivity contribution in [2.45, 2.75) is 43.9 Å². The van der Waals surface area contributed by atoms with Gasteiger partial charge in [-0.15, -0.1) is 0 Å². The van der Waals surface area contributed by atoms with Crippen LogP contribution >= 0.6 is 15.9 Å². The molecule has 1 aliphatic rings. The van der Waals surface area contributed by atoms with Crippen molar-refractivity contribution in [3.05, 3.63) is 64.7 Å². The Balaban J connectivity index is 1.68. The van der Waals surface area contributed by atoms with Gasteiger partial charge in [-0.25, -0.2) is 0 Å². The molecule has 7 heteroatoms. The summed E-state index contributed by atoms with van der Waals surface area (Å²) in [6.45, 7) is 1.63. The average Bonchev–Trinajstić information content (AvgIpc) is 3.16. The number of alkyl halides is 1. The topological polar surface area (TPSA) is 81.9 Å². The number of hydrogen-bond donors (Lipinski definition) is 1. The lowest BCUT2D eigenvalue weighted by Crippen LogP contribution is -2.42. The quantitative estimate of drug-likeness (QED) is 0.458. The van der Waals surface area contributed by atoms with E-state index in [9.17, 15) is 9.59 Å². The number of nitrogens with two attached hydrogens (primary N) is 1. The number of ether oxygens (including phenoxy) is 2. The molecular weight excluding hydrogens is 436 g/mol. The Morgan fingerprint density at radius 3 is 2.52 bits per heavy atom. The third-order valence-corrected chi connectivity index (χ3v) is 5.80. The van der Waals surface area contributed by atoms with Crippen LogP contribution in [-0.4, -0.2) is 29.9 Å². The minimum atomic E-state index is -0.522. The third kappa shape index (κ3) is 5.36. The summed E-state index contributed by atoms with van der Waals surface area (Å²) in [6, 6.07) is 13.7. The first-order chi connectivity index (χ1) is 14.0. The van der Waals surface area contributed by atoms with E-state index in [1.807, 2.05) is 23.1 Å². The van der Waals surface area contributed by atoms with E-state index in [1.165, 1.54) is 12.7 Å². The molecule has 1 heterocycles. The summed E-state index contributed by atoms with van der Waals surface area (Å²) in [7, 11) is 1.34. The van der Waals surface area contributed by atoms with Crippen LogP contribution in [0.4, 0.5) is 0 Å². The zero-order valence-electron chi connectivity index (χ0n) is 16.4. The van der Waals surface area contributed by atoms with E-state index in [2.05, 4.69) is 44.9 Å². The zero-order valence-corrected chi connectivity index (χ0v) is 18.0. The first-order valence-corrected chi connectivity index (χ1v) is 10.6. The van der Waals surface area contributed by atoms with Crippen molar-refractivity contribution < 1.29 is 19.1 Å². The fourth-order valence-corrected chi connectivity index (χ4v) is 3.89. The van der Waals surface area contributed by atoms with Crippen LogP contribution in [0.5, 0.6) is 5.75 Å². The molecule has 1 aliphatic heterocycles. The predicted octanol–water partition coefficient (Wildman–Crippen LogP) is 3.28. The van der Waals surface area contributed by atoms with Crippen LogP contribution in [0.2, 0.25) is 0 Å². The van der Waals surface area contributed by atoms with E-state index < -0.39 is 11.9 Å². The third-order valence-electron chi connectivity index (χ3n) is 5.16. The highest BCUT2D eigenvalue weighted by molar-refractivity contribution is 9.08. The van der Waals surface area contributed by atoms with E-state index in [0.29, 0.717) is 26.1 Å². The number of methoxy groups -OCH3 is 1. The maximum Gasteiger partial charge on any atom is 0.305 e. The summed E-state index contributed by atoms with van der Waals surface area (Å²) in [5.41, 5.74) is 10.1. The smallest absolute Gasteiger partial charge is 0.305 e. The van der Waals surface area contributed by atoms with Crippen molar-refractivity contribution in [3.8, 4) is 5.75 Å². The maximum atomic E-state index is 12.0. The lowest BCUT2D eigenvalue weighted by atomic mass is 10.1. The molecule has 0 saturated heterocycles. The minimum absolute atomic E-state index is 0.157. The summed E-state index contributed by atoms with van der Waals surface area (Å²) in [5, 5.41) is 0.827. The average molecular weight is 461 g/mol. The van der Waals surface area contributed by atoms with Crippen LogP contribution in [-0.2, 0) is 39.4 Å². The summed E-state index contributed by atoms with van der Waals surface area (Å²) in [5.74, 6) is 0.0322. The normalized spacial score (nSPS) is 14.3. The van der Waals surface area contributed by atoms with Crippen LogP contribution in [0.25, 0.3) is 0 Å². The van der Waals surface area contributed by atoms with Gasteiger partial charge in [-0.3, -0.25) is 14.5 Å². The maximum absolute atomic E-state index is 12.0. The first kappa shape index (κ1) is 21.3. The second kappa shape index (κ2) is 9.89. The summed E-state index contributed by atoms with van der Waals surface area (Å²) >= 11 is 3.45. The van der Waals surface area contributed by atoms with Gasteiger partial charge in [0.25, 0.3) is 0 Å². The molecule has 0 fully saturated rings. The molecule has 0 spiro atoms. The Morgan fingerprint density at radius 2 is 1.86 bits per heavy atom. The number of benzene rings is 2. The number of rotatable bonds is 9. The molecule has 29 heavy (non-hydrogen) atoms. The number of carbonyl (C=O) groups excluding carboxylic acids is 2. The van der Waals surface area contributed by atoms with E-state index in [0.717, 1.165) is 27.8 Å². The number of nitrogens with zero attached hydrogens (tertiary/aromatic N) is 1. The molecule has 1 amide bonds. The molecular formula is C22H25BrN2O4. The van der Waals surface area contributed by atoms with Crippen LogP contribution in [0.1, 0.15) is 35.1 Å². The van der Waals surface area contributed by atoms with Gasteiger partial charge in [0.15, 0.2) is 0 Å². The Kier molecular flexibility index (Phi) is 7.28. The second-order valence-electron chi connectivity index (χ2n) is 7.07. The number of amides is 1. The lowest BCUT2D eigenvalue weighted by molar-refractivity contribution is -0.141. The Bertz CT molecular complexity index is 870. The Hall–Kier alpha value is -2.38. The van der Waals surface area contributed by atoms with E-state index >= 15 is 0 Å². The molecule has 2 N–H and O–H groups in total. The molecule has 1 atom stereocenters. The van der Waals surface area contributed by atoms with Crippen molar-refractivity contribution in [3.63, 3.8) is 0 Å². The number of hydrogen-bond acceptors (Lipinski definition) is 5. The van der Waals surface area contributed by atoms with Crippen molar-refractivity contribution in [2.24, 2.45) is 5.73 Å². The molecule has 0 aliphatic carbocycles. The number of esters is 1. The van der Waals surface area contributed by atoms with Crippen LogP contribution < -0.4 is 10.5 Å². The highest BCUT2D eigenvalue weighted by Crippen LogP contribution is 2.33. The fraction of sp³-hybridized carbons (Fsp3) is 0.364. The van der Waals surface area contributed by atoms with Crippen molar-refractivity contribution >= 4 is 27.8 Å². The van der Waals surface area contributed by atoms with E-state index in [-0.39, 0.29) is 12.4 Å². The summed E-state index contributed by atoms with van der Waals surface area (Å²) in [4.78, 5) is 25.4. The zero-order chi connectivity index (χ0) is 20.8. The monoisotopic (exact) mass is 460 g/mol. The van der Waals surface area contributed by atoms with Crippen molar-refractivity contribution in [1.82, 2.24) is 4.90 Å². The molecule has 2 aromatic carbocycles. The first-order valence-electron chi connectivity index (χ1n) is 9.49.